The molecule has 5 heterocycles. The van der Waals surface area contributed by atoms with Crippen molar-refractivity contribution in [3.8, 4) is 6.07 Å². The quantitative estimate of drug-likeness (QED) is 0.593. The lowest BCUT2D eigenvalue weighted by Crippen LogP contribution is -2.65. The molecule has 3 aliphatic rings. The Morgan fingerprint density at radius 3 is 2.64 bits per heavy atom. The highest BCUT2D eigenvalue weighted by molar-refractivity contribution is 7.88. The first-order valence-corrected chi connectivity index (χ1v) is 13.5. The van der Waals surface area contributed by atoms with Gasteiger partial charge in [-0.25, -0.2) is 19.3 Å². The van der Waals surface area contributed by atoms with Crippen LogP contribution in [0.15, 0.2) is 18.6 Å². The van der Waals surface area contributed by atoms with E-state index in [2.05, 4.69) is 33.7 Å². The Hall–Kier alpha value is -2.84. The smallest absolute Gasteiger partial charge is 0.244 e. The summed E-state index contributed by atoms with van der Waals surface area (Å²) in [5, 5.41) is 9.45. The summed E-state index contributed by atoms with van der Waals surface area (Å²) in [7, 11) is -1.45. The molecule has 3 aliphatic heterocycles. The monoisotopic (exact) mass is 531 g/mol. The van der Waals surface area contributed by atoms with Gasteiger partial charge in [-0.3, -0.25) is 9.00 Å². The maximum absolute atomic E-state index is 13.8. The molecule has 2 unspecified atom stereocenters. The van der Waals surface area contributed by atoms with Gasteiger partial charge >= 0.3 is 0 Å². The molecule has 36 heavy (non-hydrogen) atoms. The molecule has 5 rings (SSSR count). The number of hydrogen-bond acceptors (Lipinski definition) is 8. The van der Waals surface area contributed by atoms with Crippen LogP contribution < -0.4 is 9.80 Å². The van der Waals surface area contributed by atoms with Gasteiger partial charge in [-0.15, -0.1) is 0 Å². The van der Waals surface area contributed by atoms with Crippen molar-refractivity contribution in [2.75, 3.05) is 48.4 Å². The number of halogens is 2. The van der Waals surface area contributed by atoms with Crippen molar-refractivity contribution >= 4 is 45.6 Å². The van der Waals surface area contributed by atoms with Gasteiger partial charge in [0.25, 0.3) is 0 Å². The minimum atomic E-state index is -1.45. The van der Waals surface area contributed by atoms with Crippen molar-refractivity contribution in [2.24, 2.45) is 0 Å². The largest absolute Gasteiger partial charge is 0.352 e. The van der Waals surface area contributed by atoms with E-state index < -0.39 is 22.2 Å². The van der Waals surface area contributed by atoms with Gasteiger partial charge in [0.15, 0.2) is 10.4 Å². The molecule has 2 saturated heterocycles. The first-order chi connectivity index (χ1) is 17.1. The van der Waals surface area contributed by atoms with Crippen molar-refractivity contribution < 1.29 is 13.4 Å². The summed E-state index contributed by atoms with van der Waals surface area (Å²) in [5.41, 5.74) is 1.59. The fourth-order valence-corrected chi connectivity index (χ4v) is 6.87. The van der Waals surface area contributed by atoms with Gasteiger partial charge < -0.3 is 14.7 Å². The van der Waals surface area contributed by atoms with Gasteiger partial charge in [-0.2, -0.15) is 5.26 Å². The van der Waals surface area contributed by atoms with Crippen molar-refractivity contribution in [3.63, 3.8) is 0 Å². The van der Waals surface area contributed by atoms with Gasteiger partial charge in [0.1, 0.15) is 30.7 Å². The topological polar surface area (TPSA) is 106 Å². The fourth-order valence-electron chi connectivity index (χ4n) is 5.37. The average molecular weight is 532 g/mol. The second-order valence-corrected chi connectivity index (χ2v) is 12.5. The summed E-state index contributed by atoms with van der Waals surface area (Å²) in [5.74, 6) is 1.58. The van der Waals surface area contributed by atoms with Gasteiger partial charge in [0.05, 0.1) is 16.9 Å². The molecular weight excluding hydrogens is 505 g/mol. The van der Waals surface area contributed by atoms with Crippen molar-refractivity contribution in [2.45, 2.75) is 43.4 Å². The van der Waals surface area contributed by atoms with E-state index in [1.807, 2.05) is 17.9 Å². The third kappa shape index (κ3) is 3.73. The molecule has 12 heteroatoms. The molecule has 0 saturated carbocycles. The van der Waals surface area contributed by atoms with E-state index in [0.29, 0.717) is 38.4 Å². The Balaban J connectivity index is 1.43. The van der Waals surface area contributed by atoms with Crippen LogP contribution in [-0.2, 0) is 21.0 Å². The number of carbonyl (C=O) groups is 1. The standard InChI is InChI=1S/C24H27ClFN7O2S/c1-15-11-31(5-6-32(15)22(34)24(12-26)4-7-36(24)35)20-19-21(30-14-29-20)33(13-23(19,2)3)16-8-17(25)18(9-27)28-10-16/h8,10,14-15H,4-7,11-13H2,1-3H3/t15?,24-,36?/m1/s1. The zero-order chi connectivity index (χ0) is 25.8. The number of rotatable bonds is 4. The highest BCUT2D eigenvalue weighted by Crippen LogP contribution is 2.47. The number of carbonyl (C=O) groups excluding carboxylic acids is 1. The van der Waals surface area contributed by atoms with Crippen LogP contribution in [0, 0.1) is 11.3 Å². The predicted octanol–water partition coefficient (Wildman–Crippen LogP) is 2.72. The van der Waals surface area contributed by atoms with Crippen molar-refractivity contribution in [1.82, 2.24) is 19.9 Å². The van der Waals surface area contributed by atoms with Crippen LogP contribution in [0.2, 0.25) is 5.02 Å². The first kappa shape index (κ1) is 24.8. The highest BCUT2D eigenvalue weighted by Gasteiger charge is 2.54. The van der Waals surface area contributed by atoms with Crippen LogP contribution >= 0.6 is 11.6 Å². The number of aromatic nitrogens is 3. The number of hydrogen-bond donors (Lipinski definition) is 0. The van der Waals surface area contributed by atoms with E-state index in [1.165, 1.54) is 6.33 Å². The molecule has 0 radical (unpaired) electrons. The number of nitrogens with zero attached hydrogens (tertiary/aromatic N) is 7. The molecule has 0 spiro atoms. The molecule has 0 aliphatic carbocycles. The second kappa shape index (κ2) is 8.92. The van der Waals surface area contributed by atoms with Crippen LogP contribution in [0.1, 0.15) is 38.4 Å². The summed E-state index contributed by atoms with van der Waals surface area (Å²) in [6.07, 6.45) is 3.48. The van der Waals surface area contributed by atoms with Crippen LogP contribution in [0.4, 0.5) is 21.7 Å². The summed E-state index contributed by atoms with van der Waals surface area (Å²) in [6, 6.07) is 3.50. The zero-order valence-corrected chi connectivity index (χ0v) is 21.9. The molecule has 0 aromatic carbocycles. The average Bonchev–Trinajstić information content (AvgIpc) is 3.14. The molecule has 2 aromatic heterocycles. The van der Waals surface area contributed by atoms with E-state index >= 15 is 0 Å². The summed E-state index contributed by atoms with van der Waals surface area (Å²) in [6.45, 7) is 7.35. The fraction of sp³-hybridized carbons (Fsp3) is 0.542. The number of anilines is 3. The minimum Gasteiger partial charge on any atom is -0.352 e. The summed E-state index contributed by atoms with van der Waals surface area (Å²) in [4.78, 5) is 32.4. The Labute approximate surface area is 216 Å². The zero-order valence-electron chi connectivity index (χ0n) is 20.4. The lowest BCUT2D eigenvalue weighted by molar-refractivity contribution is -0.137. The summed E-state index contributed by atoms with van der Waals surface area (Å²) >= 11 is 6.25. The SMILES string of the molecule is CC1CN(c2ncnc3c2C(C)(C)CN3c2cnc(C#N)c(Cl)c2)CCN1C(=O)[C@]1(CF)CCS1=O. The van der Waals surface area contributed by atoms with Crippen LogP contribution in [0.25, 0.3) is 0 Å². The van der Waals surface area contributed by atoms with Crippen LogP contribution in [-0.4, -0.2) is 79.4 Å². The van der Waals surface area contributed by atoms with Crippen molar-refractivity contribution in [3.05, 3.63) is 34.9 Å². The molecule has 0 bridgehead atoms. The van der Waals surface area contributed by atoms with Crippen LogP contribution in [0.3, 0.4) is 0 Å². The molecule has 1 amide bonds. The van der Waals surface area contributed by atoms with E-state index in [0.717, 1.165) is 22.9 Å². The number of pyridine rings is 1. The van der Waals surface area contributed by atoms with E-state index in [4.69, 9.17) is 16.9 Å². The highest BCUT2D eigenvalue weighted by atomic mass is 35.5. The molecular formula is C24H27ClFN7O2S. The number of nitriles is 1. The Morgan fingerprint density at radius 1 is 1.31 bits per heavy atom. The lowest BCUT2D eigenvalue weighted by atomic mass is 9.87. The third-order valence-corrected chi connectivity index (χ3v) is 9.68. The van der Waals surface area contributed by atoms with Gasteiger partial charge in [0, 0.05) is 59.8 Å². The lowest BCUT2D eigenvalue weighted by Gasteiger charge is -2.46. The van der Waals surface area contributed by atoms with E-state index in [1.54, 1.807) is 17.2 Å². The molecule has 190 valence electrons. The third-order valence-electron chi connectivity index (χ3n) is 7.46. The molecule has 2 fully saturated rings. The number of alkyl halides is 1. The Bertz CT molecular complexity index is 1300. The molecule has 3 atom stereocenters. The van der Waals surface area contributed by atoms with Gasteiger partial charge in [-0.1, -0.05) is 25.4 Å². The van der Waals surface area contributed by atoms with E-state index in [9.17, 15) is 13.4 Å². The van der Waals surface area contributed by atoms with Crippen molar-refractivity contribution in [1.29, 1.82) is 5.26 Å². The Morgan fingerprint density at radius 2 is 2.06 bits per heavy atom. The number of amides is 1. The molecule has 9 nitrogen and oxygen atoms in total. The molecule has 0 N–H and O–H groups in total. The van der Waals surface area contributed by atoms with Crippen LogP contribution in [0.5, 0.6) is 0 Å². The number of fused-ring (bicyclic) bond motifs is 1. The van der Waals surface area contributed by atoms with Gasteiger partial charge in [0.2, 0.25) is 5.91 Å². The second-order valence-electron chi connectivity index (χ2n) is 10.2. The van der Waals surface area contributed by atoms with E-state index in [-0.39, 0.29) is 28.1 Å². The first-order valence-electron chi connectivity index (χ1n) is 11.8. The normalized spacial score (nSPS) is 26.8. The van der Waals surface area contributed by atoms with Gasteiger partial charge in [-0.05, 0) is 19.4 Å². The summed E-state index contributed by atoms with van der Waals surface area (Å²) < 4.78 is 24.7. The molecule has 2 aromatic rings. The minimum absolute atomic E-state index is 0.171. The maximum atomic E-state index is 13.8. The number of piperazine rings is 1. The predicted molar refractivity (Wildman–Crippen MR) is 136 cm³/mol. The maximum Gasteiger partial charge on any atom is 0.244 e. The Kier molecular flexibility index (Phi) is 6.16.